The normalized spacial score (nSPS) is 20.4. The van der Waals surface area contributed by atoms with E-state index in [-0.39, 0.29) is 18.6 Å². The van der Waals surface area contributed by atoms with Gasteiger partial charge < -0.3 is 19.6 Å². The molecule has 1 aliphatic heterocycles. The highest BCUT2D eigenvalue weighted by molar-refractivity contribution is 5.80. The first-order valence-corrected chi connectivity index (χ1v) is 7.89. The molecule has 2 amide bonds. The molecule has 0 radical (unpaired) electrons. The molecule has 120 valence electrons. The lowest BCUT2D eigenvalue weighted by Gasteiger charge is -2.34. The van der Waals surface area contributed by atoms with Crippen molar-refractivity contribution in [2.75, 3.05) is 33.4 Å². The van der Waals surface area contributed by atoms with Crippen molar-refractivity contribution in [1.29, 1.82) is 0 Å². The number of amides is 2. The predicted octanol–water partition coefficient (Wildman–Crippen LogP) is 1.79. The van der Waals surface area contributed by atoms with Crippen molar-refractivity contribution in [3.63, 3.8) is 0 Å². The summed E-state index contributed by atoms with van der Waals surface area (Å²) in [5, 5.41) is 9.07. The lowest BCUT2D eigenvalue weighted by Crippen LogP contribution is -2.49. The molecule has 0 aromatic heterocycles. The summed E-state index contributed by atoms with van der Waals surface area (Å²) in [6.07, 6.45) is 5.95. The zero-order valence-corrected chi connectivity index (χ0v) is 12.8. The van der Waals surface area contributed by atoms with Gasteiger partial charge in [0.2, 0.25) is 0 Å². The van der Waals surface area contributed by atoms with Gasteiger partial charge in [-0.3, -0.25) is 4.79 Å². The van der Waals surface area contributed by atoms with Gasteiger partial charge in [0.25, 0.3) is 0 Å². The first-order chi connectivity index (χ1) is 10.1. The van der Waals surface area contributed by atoms with E-state index in [1.165, 1.54) is 0 Å². The van der Waals surface area contributed by atoms with E-state index < -0.39 is 5.97 Å². The molecule has 0 aromatic carbocycles. The van der Waals surface area contributed by atoms with Crippen molar-refractivity contribution in [2.24, 2.45) is 5.92 Å². The second kappa shape index (κ2) is 7.64. The third-order valence-electron chi connectivity index (χ3n) is 4.52. The van der Waals surface area contributed by atoms with E-state index >= 15 is 0 Å². The molecule has 2 rings (SSSR count). The van der Waals surface area contributed by atoms with Gasteiger partial charge in [-0.15, -0.1) is 0 Å². The number of carboxylic acid groups (broad SMARTS) is 1. The van der Waals surface area contributed by atoms with Gasteiger partial charge in [0.15, 0.2) is 0 Å². The summed E-state index contributed by atoms with van der Waals surface area (Å²) < 4.78 is 5.33. The van der Waals surface area contributed by atoms with Gasteiger partial charge in [-0.1, -0.05) is 12.8 Å². The summed E-state index contributed by atoms with van der Waals surface area (Å²) in [4.78, 5) is 26.9. The van der Waals surface area contributed by atoms with E-state index in [2.05, 4.69) is 0 Å². The summed E-state index contributed by atoms with van der Waals surface area (Å²) >= 11 is 0. The maximum Gasteiger partial charge on any atom is 0.323 e. The standard InChI is InChI=1S/C15H26N2O4/c1-16(10-12-6-8-21-9-7-12)15(20)17(11-14(18)19)13-4-2-3-5-13/h12-13H,2-11H2,1H3,(H,18,19). The van der Waals surface area contributed by atoms with Crippen LogP contribution in [0.4, 0.5) is 4.79 Å². The molecule has 2 fully saturated rings. The first-order valence-electron chi connectivity index (χ1n) is 7.89. The van der Waals surface area contributed by atoms with E-state index in [0.717, 1.165) is 51.7 Å². The summed E-state index contributed by atoms with van der Waals surface area (Å²) in [7, 11) is 1.78. The number of nitrogens with zero attached hydrogens (tertiary/aromatic N) is 2. The van der Waals surface area contributed by atoms with E-state index in [4.69, 9.17) is 9.84 Å². The van der Waals surface area contributed by atoms with Gasteiger partial charge in [0, 0.05) is 32.8 Å². The summed E-state index contributed by atoms with van der Waals surface area (Å²) in [5.74, 6) is -0.474. The SMILES string of the molecule is CN(CC1CCOCC1)C(=O)N(CC(=O)O)C1CCCC1. The number of urea groups is 1. The molecule has 21 heavy (non-hydrogen) atoms. The molecule has 2 aliphatic rings. The monoisotopic (exact) mass is 298 g/mol. The molecule has 1 aliphatic carbocycles. The molecule has 0 bridgehead atoms. The summed E-state index contributed by atoms with van der Waals surface area (Å²) in [6.45, 7) is 2.01. The van der Waals surface area contributed by atoms with Crippen LogP contribution in [-0.2, 0) is 9.53 Å². The number of carboxylic acids is 1. The van der Waals surface area contributed by atoms with Crippen molar-refractivity contribution in [1.82, 2.24) is 9.80 Å². The minimum absolute atomic E-state index is 0.0886. The Morgan fingerprint density at radius 2 is 1.76 bits per heavy atom. The molecule has 0 aromatic rings. The van der Waals surface area contributed by atoms with Gasteiger partial charge in [0.1, 0.15) is 6.54 Å². The van der Waals surface area contributed by atoms with Crippen molar-refractivity contribution in [3.8, 4) is 0 Å². The van der Waals surface area contributed by atoms with Gasteiger partial charge in [-0.2, -0.15) is 0 Å². The van der Waals surface area contributed by atoms with E-state index in [9.17, 15) is 9.59 Å². The van der Waals surface area contributed by atoms with Gasteiger partial charge in [-0.25, -0.2) is 4.79 Å². The molecule has 6 nitrogen and oxygen atoms in total. The highest BCUT2D eigenvalue weighted by Crippen LogP contribution is 2.25. The highest BCUT2D eigenvalue weighted by Gasteiger charge is 2.31. The fourth-order valence-electron chi connectivity index (χ4n) is 3.33. The number of carbonyl (C=O) groups excluding carboxylic acids is 1. The molecule has 1 saturated heterocycles. The molecule has 1 N–H and O–H groups in total. The maximum absolute atomic E-state index is 12.6. The molecule has 6 heteroatoms. The van der Waals surface area contributed by atoms with Crippen molar-refractivity contribution in [2.45, 2.75) is 44.6 Å². The lowest BCUT2D eigenvalue weighted by atomic mass is 10.00. The molecular weight excluding hydrogens is 272 g/mol. The minimum atomic E-state index is -0.935. The van der Waals surface area contributed by atoms with Crippen molar-refractivity contribution < 1.29 is 19.4 Å². The Bertz CT molecular complexity index is 363. The Morgan fingerprint density at radius 3 is 2.33 bits per heavy atom. The van der Waals surface area contributed by atoms with Crippen LogP contribution in [0.2, 0.25) is 0 Å². The maximum atomic E-state index is 12.6. The molecule has 0 atom stereocenters. The predicted molar refractivity (Wildman–Crippen MR) is 78.2 cm³/mol. The quantitative estimate of drug-likeness (QED) is 0.840. The zero-order valence-electron chi connectivity index (χ0n) is 12.8. The Morgan fingerprint density at radius 1 is 1.14 bits per heavy atom. The average Bonchev–Trinajstić information content (AvgIpc) is 2.99. The largest absolute Gasteiger partial charge is 0.480 e. The summed E-state index contributed by atoms with van der Waals surface area (Å²) in [5.41, 5.74) is 0. The second-order valence-electron chi connectivity index (χ2n) is 6.18. The zero-order chi connectivity index (χ0) is 15.2. The Labute approximate surface area is 126 Å². The second-order valence-corrected chi connectivity index (χ2v) is 6.18. The van der Waals surface area contributed by atoms with Crippen LogP contribution in [0, 0.1) is 5.92 Å². The highest BCUT2D eigenvalue weighted by atomic mass is 16.5. The summed E-state index contributed by atoms with van der Waals surface area (Å²) in [6, 6.07) is -0.0541. The topological polar surface area (TPSA) is 70.1 Å². The smallest absolute Gasteiger partial charge is 0.323 e. The van der Waals surface area contributed by atoms with Crippen LogP contribution in [0.25, 0.3) is 0 Å². The molecular formula is C15H26N2O4. The van der Waals surface area contributed by atoms with Crippen molar-refractivity contribution in [3.05, 3.63) is 0 Å². The number of carbonyl (C=O) groups is 2. The van der Waals surface area contributed by atoms with Crippen LogP contribution >= 0.6 is 0 Å². The van der Waals surface area contributed by atoms with Crippen LogP contribution in [0.15, 0.2) is 0 Å². The fraction of sp³-hybridized carbons (Fsp3) is 0.867. The number of hydrogen-bond acceptors (Lipinski definition) is 3. The molecule has 0 spiro atoms. The van der Waals surface area contributed by atoms with Crippen LogP contribution in [0.3, 0.4) is 0 Å². The third-order valence-corrected chi connectivity index (χ3v) is 4.52. The number of aliphatic carboxylic acids is 1. The Hall–Kier alpha value is -1.30. The third kappa shape index (κ3) is 4.59. The number of ether oxygens (including phenoxy) is 1. The Kier molecular flexibility index (Phi) is 5.85. The average molecular weight is 298 g/mol. The molecule has 1 heterocycles. The van der Waals surface area contributed by atoms with Gasteiger partial charge in [-0.05, 0) is 31.6 Å². The number of rotatable bonds is 5. The van der Waals surface area contributed by atoms with Crippen LogP contribution in [-0.4, -0.2) is 66.3 Å². The molecule has 1 saturated carbocycles. The molecule has 0 unspecified atom stereocenters. The Balaban J connectivity index is 1.93. The van der Waals surface area contributed by atoms with E-state index in [1.54, 1.807) is 16.8 Å². The first kappa shape index (κ1) is 16.1. The minimum Gasteiger partial charge on any atom is -0.480 e. The fourth-order valence-corrected chi connectivity index (χ4v) is 3.33. The van der Waals surface area contributed by atoms with Crippen LogP contribution in [0.1, 0.15) is 38.5 Å². The van der Waals surface area contributed by atoms with Gasteiger partial charge in [0.05, 0.1) is 0 Å². The lowest BCUT2D eigenvalue weighted by molar-refractivity contribution is -0.138. The van der Waals surface area contributed by atoms with E-state index in [0.29, 0.717) is 12.5 Å². The van der Waals surface area contributed by atoms with Crippen LogP contribution < -0.4 is 0 Å². The van der Waals surface area contributed by atoms with Crippen molar-refractivity contribution >= 4 is 12.0 Å². The van der Waals surface area contributed by atoms with Gasteiger partial charge >= 0.3 is 12.0 Å². The van der Waals surface area contributed by atoms with E-state index in [1.807, 2.05) is 0 Å². The number of hydrogen-bond donors (Lipinski definition) is 1. The van der Waals surface area contributed by atoms with Crippen LogP contribution in [0.5, 0.6) is 0 Å².